The van der Waals surface area contributed by atoms with Gasteiger partial charge in [0.25, 0.3) is 0 Å². The highest BCUT2D eigenvalue weighted by molar-refractivity contribution is 6.01. The molecule has 0 saturated heterocycles. The van der Waals surface area contributed by atoms with Crippen LogP contribution in [-0.4, -0.2) is 42.4 Å². The molecule has 1 amide bonds. The van der Waals surface area contributed by atoms with Gasteiger partial charge in [0.05, 0.1) is 6.61 Å². The maximum atomic E-state index is 12.7. The van der Waals surface area contributed by atoms with E-state index in [4.69, 9.17) is 4.74 Å². The summed E-state index contributed by atoms with van der Waals surface area (Å²) in [5.74, 6) is 0.886. The van der Waals surface area contributed by atoms with Gasteiger partial charge >= 0.3 is 0 Å². The molecule has 5 nitrogen and oxygen atoms in total. The highest BCUT2D eigenvalue weighted by Gasteiger charge is 2.39. The van der Waals surface area contributed by atoms with Gasteiger partial charge in [-0.25, -0.2) is 10.0 Å². The minimum absolute atomic E-state index is 0.0485. The summed E-state index contributed by atoms with van der Waals surface area (Å²) in [6, 6.07) is 7.77. The Morgan fingerprint density at radius 3 is 2.50 bits per heavy atom. The highest BCUT2D eigenvalue weighted by atomic mass is 16.5. The predicted octanol–water partition coefficient (Wildman–Crippen LogP) is 2.88. The summed E-state index contributed by atoms with van der Waals surface area (Å²) < 4.78 is 5.48. The second-order valence-electron chi connectivity index (χ2n) is 6.45. The SMILES string of the molecule is CCOc1ccc([C@@H]2CC(=O)N(N(C)C)C3=C2C(=O)CCC3)cc1. The predicted molar refractivity (Wildman–Crippen MR) is 91.4 cm³/mol. The van der Waals surface area contributed by atoms with Crippen molar-refractivity contribution in [2.45, 2.75) is 38.5 Å². The Kier molecular flexibility index (Phi) is 4.71. The molecule has 0 N–H and O–H groups in total. The molecule has 0 unspecified atom stereocenters. The van der Waals surface area contributed by atoms with E-state index in [9.17, 15) is 9.59 Å². The van der Waals surface area contributed by atoms with Gasteiger partial charge in [-0.05, 0) is 37.5 Å². The number of carbonyl (C=O) groups is 2. The molecule has 0 aromatic heterocycles. The smallest absolute Gasteiger partial charge is 0.242 e. The molecule has 1 aliphatic carbocycles. The largest absolute Gasteiger partial charge is 0.494 e. The van der Waals surface area contributed by atoms with E-state index < -0.39 is 0 Å². The third-order valence-electron chi connectivity index (χ3n) is 4.64. The number of rotatable bonds is 4. The van der Waals surface area contributed by atoms with Crippen LogP contribution in [0.1, 0.15) is 44.1 Å². The van der Waals surface area contributed by atoms with E-state index >= 15 is 0 Å². The Hall–Kier alpha value is -2.14. The van der Waals surface area contributed by atoms with Crippen LogP contribution in [0.15, 0.2) is 35.5 Å². The summed E-state index contributed by atoms with van der Waals surface area (Å²) in [6.45, 7) is 2.56. The number of hydrazine groups is 1. The maximum Gasteiger partial charge on any atom is 0.242 e. The molecule has 2 aliphatic rings. The Bertz CT molecular complexity index is 676. The standard InChI is InChI=1S/C19H24N2O3/c1-4-24-14-10-8-13(9-11-14)15-12-18(23)21(20(2)3)16-6-5-7-17(22)19(15)16/h8-11,15H,4-7,12H2,1-3H3/t15-/m0/s1. The first-order valence-electron chi connectivity index (χ1n) is 8.52. The number of carbonyl (C=O) groups excluding carboxylic acids is 2. The third kappa shape index (κ3) is 2.96. The zero-order chi connectivity index (χ0) is 17.3. The Morgan fingerprint density at radius 2 is 1.88 bits per heavy atom. The Balaban J connectivity index is 2.02. The van der Waals surface area contributed by atoms with Crippen molar-refractivity contribution in [3.63, 3.8) is 0 Å². The van der Waals surface area contributed by atoms with E-state index in [-0.39, 0.29) is 17.6 Å². The third-order valence-corrected chi connectivity index (χ3v) is 4.64. The van der Waals surface area contributed by atoms with Crippen molar-refractivity contribution in [1.29, 1.82) is 0 Å². The number of ether oxygens (including phenoxy) is 1. The van der Waals surface area contributed by atoms with E-state index in [2.05, 4.69) is 0 Å². The summed E-state index contributed by atoms with van der Waals surface area (Å²) >= 11 is 0. The van der Waals surface area contributed by atoms with Gasteiger partial charge in [0, 0.05) is 44.1 Å². The van der Waals surface area contributed by atoms with Gasteiger partial charge in [0.15, 0.2) is 5.78 Å². The quantitative estimate of drug-likeness (QED) is 0.853. The highest BCUT2D eigenvalue weighted by Crippen LogP contribution is 2.42. The minimum Gasteiger partial charge on any atom is -0.494 e. The topological polar surface area (TPSA) is 49.9 Å². The molecule has 1 atom stereocenters. The van der Waals surface area contributed by atoms with E-state index in [1.807, 2.05) is 45.3 Å². The van der Waals surface area contributed by atoms with Crippen molar-refractivity contribution in [1.82, 2.24) is 10.0 Å². The molecule has 1 aliphatic heterocycles. The molecule has 0 fully saturated rings. The van der Waals surface area contributed by atoms with Crippen LogP contribution in [0.25, 0.3) is 0 Å². The number of amides is 1. The molecule has 128 valence electrons. The zero-order valence-corrected chi connectivity index (χ0v) is 14.5. The summed E-state index contributed by atoms with van der Waals surface area (Å²) in [7, 11) is 3.69. The molecular weight excluding hydrogens is 304 g/mol. The van der Waals surface area contributed by atoms with Crippen molar-refractivity contribution in [3.05, 3.63) is 41.1 Å². The molecule has 0 spiro atoms. The summed E-state index contributed by atoms with van der Waals surface area (Å²) in [5, 5.41) is 3.46. The van der Waals surface area contributed by atoms with E-state index in [0.29, 0.717) is 19.4 Å². The number of Topliss-reactive ketones (excluding diaryl/α,β-unsaturated/α-hetero) is 1. The van der Waals surface area contributed by atoms with Crippen LogP contribution in [0.5, 0.6) is 5.75 Å². The number of benzene rings is 1. The number of hydrogen-bond acceptors (Lipinski definition) is 4. The molecule has 1 heterocycles. The second-order valence-corrected chi connectivity index (χ2v) is 6.45. The second kappa shape index (κ2) is 6.77. The summed E-state index contributed by atoms with van der Waals surface area (Å²) in [6.07, 6.45) is 2.49. The average molecular weight is 328 g/mol. The lowest BCUT2D eigenvalue weighted by Crippen LogP contribution is -2.47. The van der Waals surface area contributed by atoms with Crippen LogP contribution in [-0.2, 0) is 9.59 Å². The molecule has 0 saturated carbocycles. The van der Waals surface area contributed by atoms with Crippen molar-refractivity contribution < 1.29 is 14.3 Å². The lowest BCUT2D eigenvalue weighted by molar-refractivity contribution is -0.143. The zero-order valence-electron chi connectivity index (χ0n) is 14.5. The summed E-state index contributed by atoms with van der Waals surface area (Å²) in [4.78, 5) is 25.3. The molecule has 1 aromatic rings. The van der Waals surface area contributed by atoms with Gasteiger partial charge in [-0.3, -0.25) is 9.59 Å². The fraction of sp³-hybridized carbons (Fsp3) is 0.474. The number of hydrogen-bond donors (Lipinski definition) is 0. The number of nitrogens with zero attached hydrogens (tertiary/aromatic N) is 2. The summed E-state index contributed by atoms with van der Waals surface area (Å²) in [5.41, 5.74) is 2.71. The van der Waals surface area contributed by atoms with Crippen molar-refractivity contribution in [3.8, 4) is 5.75 Å². The molecule has 5 heteroatoms. The van der Waals surface area contributed by atoms with Crippen LogP contribution < -0.4 is 4.74 Å². The van der Waals surface area contributed by atoms with Crippen molar-refractivity contribution in [2.24, 2.45) is 0 Å². The molecule has 0 bridgehead atoms. The molecule has 3 rings (SSSR count). The first-order valence-corrected chi connectivity index (χ1v) is 8.52. The van der Waals surface area contributed by atoms with Crippen molar-refractivity contribution in [2.75, 3.05) is 20.7 Å². The van der Waals surface area contributed by atoms with Crippen LogP contribution in [0.3, 0.4) is 0 Å². The first-order chi connectivity index (χ1) is 11.5. The Labute approximate surface area is 142 Å². The van der Waals surface area contributed by atoms with Crippen LogP contribution in [0.2, 0.25) is 0 Å². The molecule has 1 aromatic carbocycles. The van der Waals surface area contributed by atoms with Gasteiger partial charge in [-0.1, -0.05) is 12.1 Å². The van der Waals surface area contributed by atoms with E-state index in [0.717, 1.165) is 35.4 Å². The van der Waals surface area contributed by atoms with Gasteiger partial charge in [-0.2, -0.15) is 0 Å². The van der Waals surface area contributed by atoms with Crippen molar-refractivity contribution >= 4 is 11.7 Å². The van der Waals surface area contributed by atoms with Crippen LogP contribution in [0, 0.1) is 0 Å². The van der Waals surface area contributed by atoms with Gasteiger partial charge in [0.1, 0.15) is 5.75 Å². The normalized spacial score (nSPS) is 21.3. The fourth-order valence-electron chi connectivity index (χ4n) is 3.69. The number of ketones is 1. The molecule has 24 heavy (non-hydrogen) atoms. The lowest BCUT2D eigenvalue weighted by atomic mass is 9.77. The average Bonchev–Trinajstić information content (AvgIpc) is 2.55. The lowest BCUT2D eigenvalue weighted by Gasteiger charge is -2.41. The van der Waals surface area contributed by atoms with Gasteiger partial charge in [-0.15, -0.1) is 0 Å². The fourth-order valence-corrected chi connectivity index (χ4v) is 3.69. The minimum atomic E-state index is -0.146. The van der Waals surface area contributed by atoms with E-state index in [1.165, 1.54) is 0 Å². The van der Waals surface area contributed by atoms with Crippen LogP contribution >= 0.6 is 0 Å². The van der Waals surface area contributed by atoms with Gasteiger partial charge in [0.2, 0.25) is 5.91 Å². The monoisotopic (exact) mass is 328 g/mol. The van der Waals surface area contributed by atoms with Crippen LogP contribution in [0.4, 0.5) is 0 Å². The van der Waals surface area contributed by atoms with Gasteiger partial charge < -0.3 is 4.74 Å². The Morgan fingerprint density at radius 1 is 1.17 bits per heavy atom. The first kappa shape index (κ1) is 16.7. The maximum absolute atomic E-state index is 12.7. The number of allylic oxidation sites excluding steroid dienone is 2. The molecular formula is C19H24N2O3. The van der Waals surface area contributed by atoms with E-state index in [1.54, 1.807) is 10.0 Å². The molecule has 0 radical (unpaired) electrons.